The van der Waals surface area contributed by atoms with Crippen LogP contribution in [0.5, 0.6) is 0 Å². The van der Waals surface area contributed by atoms with Gasteiger partial charge < -0.3 is 5.32 Å². The van der Waals surface area contributed by atoms with Gasteiger partial charge in [0, 0.05) is 18.8 Å². The van der Waals surface area contributed by atoms with Crippen LogP contribution in [0.3, 0.4) is 0 Å². The summed E-state index contributed by atoms with van der Waals surface area (Å²) in [5.41, 5.74) is 2.55. The lowest BCUT2D eigenvalue weighted by molar-refractivity contribution is 0.517. The number of aryl methyl sites for hydroxylation is 1. The Balaban J connectivity index is 1.93. The van der Waals surface area contributed by atoms with Crippen molar-refractivity contribution in [3.63, 3.8) is 0 Å². The molecule has 1 aromatic heterocycles. The molecule has 0 amide bonds. The number of rotatable bonds is 4. The van der Waals surface area contributed by atoms with Crippen molar-refractivity contribution in [1.82, 2.24) is 10.3 Å². The molecule has 2 nitrogen and oxygen atoms in total. The fraction of sp³-hybridized carbons (Fsp3) is 0.500. The van der Waals surface area contributed by atoms with E-state index >= 15 is 0 Å². The summed E-state index contributed by atoms with van der Waals surface area (Å²) in [7, 11) is 0. The molecule has 1 aliphatic carbocycles. The lowest BCUT2D eigenvalue weighted by Gasteiger charge is -2.18. The normalized spacial score (nSPS) is 19.9. The van der Waals surface area contributed by atoms with E-state index < -0.39 is 0 Å². The van der Waals surface area contributed by atoms with Crippen LogP contribution in [0.25, 0.3) is 0 Å². The maximum absolute atomic E-state index is 4.45. The van der Waals surface area contributed by atoms with Crippen LogP contribution in [0.15, 0.2) is 30.5 Å². The molecule has 1 N–H and O–H groups in total. The van der Waals surface area contributed by atoms with Gasteiger partial charge in [-0.1, -0.05) is 25.1 Å². The molecule has 1 aliphatic rings. The number of hydrogen-bond acceptors (Lipinski definition) is 2. The van der Waals surface area contributed by atoms with E-state index in [0.717, 1.165) is 13.0 Å². The smallest absolute Gasteiger partial charge is 0.0573 e. The Hall–Kier alpha value is -1.15. The molecule has 0 aromatic carbocycles. The molecule has 0 bridgehead atoms. The fourth-order valence-electron chi connectivity index (χ4n) is 2.16. The molecule has 2 heteroatoms. The van der Waals surface area contributed by atoms with Gasteiger partial charge in [0.2, 0.25) is 0 Å². The zero-order chi connectivity index (χ0) is 11.2. The first-order chi connectivity index (χ1) is 7.90. The Morgan fingerprint density at radius 1 is 1.50 bits per heavy atom. The minimum atomic E-state index is 0.542. The van der Waals surface area contributed by atoms with Crippen LogP contribution in [0.4, 0.5) is 0 Å². The maximum Gasteiger partial charge on any atom is 0.0573 e. The fourth-order valence-corrected chi connectivity index (χ4v) is 2.16. The van der Waals surface area contributed by atoms with Gasteiger partial charge in [0.25, 0.3) is 0 Å². The Labute approximate surface area is 97.8 Å². The largest absolute Gasteiger partial charge is 0.305 e. The Morgan fingerprint density at radius 2 is 2.44 bits per heavy atom. The molecule has 0 saturated carbocycles. The number of aromatic nitrogens is 1. The second-order valence-electron chi connectivity index (χ2n) is 4.31. The molecule has 1 atom stereocenters. The molecular weight excluding hydrogens is 196 g/mol. The minimum absolute atomic E-state index is 0.542. The van der Waals surface area contributed by atoms with Crippen molar-refractivity contribution in [2.75, 3.05) is 0 Å². The Bertz CT molecular complexity index is 358. The SMILES string of the molecule is CCc1cccnc1CNC1C=CCCC1. The zero-order valence-corrected chi connectivity index (χ0v) is 9.95. The van der Waals surface area contributed by atoms with E-state index in [2.05, 4.69) is 35.4 Å². The predicted molar refractivity (Wildman–Crippen MR) is 67.2 cm³/mol. The molecular formula is C14H20N2. The zero-order valence-electron chi connectivity index (χ0n) is 9.95. The first kappa shape index (κ1) is 11.3. The highest BCUT2D eigenvalue weighted by Crippen LogP contribution is 2.12. The second kappa shape index (κ2) is 5.80. The van der Waals surface area contributed by atoms with E-state index in [9.17, 15) is 0 Å². The first-order valence-electron chi connectivity index (χ1n) is 6.23. The highest BCUT2D eigenvalue weighted by atomic mass is 14.9. The maximum atomic E-state index is 4.45. The molecule has 2 rings (SSSR count). The number of allylic oxidation sites excluding steroid dienone is 1. The van der Waals surface area contributed by atoms with Crippen LogP contribution < -0.4 is 5.32 Å². The van der Waals surface area contributed by atoms with Crippen LogP contribution >= 0.6 is 0 Å². The van der Waals surface area contributed by atoms with E-state index in [1.165, 1.54) is 30.5 Å². The van der Waals surface area contributed by atoms with Crippen LogP contribution in [-0.2, 0) is 13.0 Å². The molecule has 0 fully saturated rings. The summed E-state index contributed by atoms with van der Waals surface area (Å²) in [4.78, 5) is 4.45. The first-order valence-corrected chi connectivity index (χ1v) is 6.23. The van der Waals surface area contributed by atoms with Gasteiger partial charge in [0.1, 0.15) is 0 Å². The molecule has 0 radical (unpaired) electrons. The quantitative estimate of drug-likeness (QED) is 0.783. The van der Waals surface area contributed by atoms with Gasteiger partial charge in [-0.3, -0.25) is 4.98 Å². The Morgan fingerprint density at radius 3 is 3.19 bits per heavy atom. The number of hydrogen-bond donors (Lipinski definition) is 1. The molecule has 0 aliphatic heterocycles. The van der Waals surface area contributed by atoms with Crippen LogP contribution in [0.1, 0.15) is 37.4 Å². The average molecular weight is 216 g/mol. The molecule has 0 spiro atoms. The van der Waals surface area contributed by atoms with Crippen LogP contribution in [0, 0.1) is 0 Å². The van der Waals surface area contributed by atoms with Gasteiger partial charge in [-0.05, 0) is 37.3 Å². The number of pyridine rings is 1. The molecule has 16 heavy (non-hydrogen) atoms. The van der Waals surface area contributed by atoms with Crippen LogP contribution in [-0.4, -0.2) is 11.0 Å². The van der Waals surface area contributed by atoms with E-state index in [4.69, 9.17) is 0 Å². The van der Waals surface area contributed by atoms with Gasteiger partial charge >= 0.3 is 0 Å². The summed E-state index contributed by atoms with van der Waals surface area (Å²) in [5.74, 6) is 0. The number of nitrogens with one attached hydrogen (secondary N) is 1. The van der Waals surface area contributed by atoms with Crippen molar-refractivity contribution >= 4 is 0 Å². The van der Waals surface area contributed by atoms with Gasteiger partial charge in [0.15, 0.2) is 0 Å². The van der Waals surface area contributed by atoms with Crippen molar-refractivity contribution in [3.8, 4) is 0 Å². The van der Waals surface area contributed by atoms with Gasteiger partial charge in [-0.15, -0.1) is 0 Å². The monoisotopic (exact) mass is 216 g/mol. The van der Waals surface area contributed by atoms with E-state index in [-0.39, 0.29) is 0 Å². The number of nitrogens with zero attached hydrogens (tertiary/aromatic N) is 1. The van der Waals surface area contributed by atoms with E-state index in [1.54, 1.807) is 0 Å². The van der Waals surface area contributed by atoms with Gasteiger partial charge in [0.05, 0.1) is 5.69 Å². The average Bonchev–Trinajstić information content (AvgIpc) is 2.38. The van der Waals surface area contributed by atoms with Crippen molar-refractivity contribution in [1.29, 1.82) is 0 Å². The van der Waals surface area contributed by atoms with Crippen molar-refractivity contribution in [2.45, 2.75) is 45.2 Å². The lowest BCUT2D eigenvalue weighted by atomic mass is 10.0. The highest BCUT2D eigenvalue weighted by molar-refractivity contribution is 5.19. The molecule has 86 valence electrons. The molecule has 1 heterocycles. The second-order valence-corrected chi connectivity index (χ2v) is 4.31. The highest BCUT2D eigenvalue weighted by Gasteiger charge is 2.08. The predicted octanol–water partition coefficient (Wildman–Crippen LogP) is 2.84. The van der Waals surface area contributed by atoms with E-state index in [0.29, 0.717) is 6.04 Å². The summed E-state index contributed by atoms with van der Waals surface area (Å²) < 4.78 is 0. The third-order valence-corrected chi connectivity index (χ3v) is 3.15. The summed E-state index contributed by atoms with van der Waals surface area (Å²) >= 11 is 0. The minimum Gasteiger partial charge on any atom is -0.305 e. The molecule has 1 aromatic rings. The third-order valence-electron chi connectivity index (χ3n) is 3.15. The standard InChI is InChI=1S/C14H20N2/c1-2-12-7-6-10-15-14(12)11-16-13-8-4-3-5-9-13/h4,6-8,10,13,16H,2-3,5,9,11H2,1H3. The molecule has 1 unspecified atom stereocenters. The topological polar surface area (TPSA) is 24.9 Å². The lowest BCUT2D eigenvalue weighted by Crippen LogP contribution is -2.28. The Kier molecular flexibility index (Phi) is 4.11. The molecule has 0 saturated heterocycles. The summed E-state index contributed by atoms with van der Waals surface area (Å²) in [6, 6.07) is 4.73. The summed E-state index contributed by atoms with van der Waals surface area (Å²) in [6.07, 6.45) is 11.3. The third kappa shape index (κ3) is 2.92. The van der Waals surface area contributed by atoms with Crippen molar-refractivity contribution in [3.05, 3.63) is 41.7 Å². The van der Waals surface area contributed by atoms with Gasteiger partial charge in [-0.25, -0.2) is 0 Å². The summed E-state index contributed by atoms with van der Waals surface area (Å²) in [5, 5.41) is 3.56. The van der Waals surface area contributed by atoms with Crippen molar-refractivity contribution < 1.29 is 0 Å². The van der Waals surface area contributed by atoms with Crippen molar-refractivity contribution in [2.24, 2.45) is 0 Å². The summed E-state index contributed by atoms with van der Waals surface area (Å²) in [6.45, 7) is 3.07. The van der Waals surface area contributed by atoms with Crippen LogP contribution in [0.2, 0.25) is 0 Å². The van der Waals surface area contributed by atoms with Gasteiger partial charge in [-0.2, -0.15) is 0 Å². The van der Waals surface area contributed by atoms with E-state index in [1.807, 2.05) is 12.3 Å².